The highest BCUT2D eigenvalue weighted by Gasteiger charge is 2.49. The fraction of sp³-hybridized carbons (Fsp3) is 0.562. The van der Waals surface area contributed by atoms with Gasteiger partial charge in [0.2, 0.25) is 5.91 Å². The standard InChI is InChI=1S/C16H20ClFN2O.ClH/c1-8(13-11(17)3-2-4-12(13)18)20-16(21)14-9-5-6-10(7-9)15(14)19;/h2-4,8-10,14-15H,5-7,19H2,1H3,(H,20,21);1H. The van der Waals surface area contributed by atoms with Gasteiger partial charge in [-0.2, -0.15) is 0 Å². The first-order valence-electron chi connectivity index (χ1n) is 7.49. The van der Waals surface area contributed by atoms with E-state index in [0.29, 0.717) is 22.4 Å². The minimum atomic E-state index is -0.461. The minimum absolute atomic E-state index is 0. The largest absolute Gasteiger partial charge is 0.349 e. The van der Waals surface area contributed by atoms with Gasteiger partial charge in [0.05, 0.1) is 12.0 Å². The van der Waals surface area contributed by atoms with Crippen LogP contribution < -0.4 is 11.1 Å². The molecule has 122 valence electrons. The molecule has 2 saturated carbocycles. The lowest BCUT2D eigenvalue weighted by Gasteiger charge is -2.28. The summed E-state index contributed by atoms with van der Waals surface area (Å²) in [5, 5.41) is 3.23. The topological polar surface area (TPSA) is 55.1 Å². The summed E-state index contributed by atoms with van der Waals surface area (Å²) < 4.78 is 13.9. The van der Waals surface area contributed by atoms with Crippen LogP contribution in [0.5, 0.6) is 0 Å². The van der Waals surface area contributed by atoms with E-state index in [9.17, 15) is 9.18 Å². The maximum Gasteiger partial charge on any atom is 0.225 e. The van der Waals surface area contributed by atoms with E-state index >= 15 is 0 Å². The van der Waals surface area contributed by atoms with Gasteiger partial charge in [-0.3, -0.25) is 4.79 Å². The monoisotopic (exact) mass is 346 g/mol. The molecule has 22 heavy (non-hydrogen) atoms. The zero-order valence-corrected chi connectivity index (χ0v) is 14.0. The molecule has 5 unspecified atom stereocenters. The fourth-order valence-corrected chi connectivity index (χ4v) is 4.36. The molecule has 3 rings (SSSR count). The molecule has 5 atom stereocenters. The molecular formula is C16H21Cl2FN2O. The minimum Gasteiger partial charge on any atom is -0.349 e. The highest BCUT2D eigenvalue weighted by atomic mass is 35.5. The van der Waals surface area contributed by atoms with Crippen LogP contribution in [0.25, 0.3) is 0 Å². The number of carbonyl (C=O) groups is 1. The van der Waals surface area contributed by atoms with Gasteiger partial charge in [0.1, 0.15) is 5.82 Å². The normalized spacial score (nSPS) is 30.7. The summed E-state index contributed by atoms with van der Waals surface area (Å²) in [6, 6.07) is 4.02. The second kappa shape index (κ2) is 6.73. The summed E-state index contributed by atoms with van der Waals surface area (Å²) in [4.78, 5) is 12.5. The van der Waals surface area contributed by atoms with Gasteiger partial charge in [-0.1, -0.05) is 17.7 Å². The van der Waals surface area contributed by atoms with E-state index in [1.54, 1.807) is 19.1 Å². The lowest BCUT2D eigenvalue weighted by Crippen LogP contribution is -2.45. The molecule has 1 aromatic carbocycles. The van der Waals surface area contributed by atoms with E-state index in [4.69, 9.17) is 17.3 Å². The summed E-state index contributed by atoms with van der Waals surface area (Å²) in [6.45, 7) is 1.75. The van der Waals surface area contributed by atoms with Crippen LogP contribution in [-0.4, -0.2) is 11.9 Å². The van der Waals surface area contributed by atoms with Gasteiger partial charge in [-0.15, -0.1) is 12.4 Å². The van der Waals surface area contributed by atoms with Crippen molar-refractivity contribution in [3.63, 3.8) is 0 Å². The molecule has 2 bridgehead atoms. The zero-order valence-electron chi connectivity index (χ0n) is 12.4. The number of nitrogens with two attached hydrogens (primary N) is 1. The Labute approximate surface area is 141 Å². The molecule has 2 aliphatic carbocycles. The molecule has 1 aromatic rings. The first kappa shape index (κ1) is 17.5. The van der Waals surface area contributed by atoms with Crippen molar-refractivity contribution in [3.8, 4) is 0 Å². The molecule has 6 heteroatoms. The van der Waals surface area contributed by atoms with Crippen molar-refractivity contribution in [1.29, 1.82) is 0 Å². The highest BCUT2D eigenvalue weighted by Crippen LogP contribution is 2.47. The van der Waals surface area contributed by atoms with E-state index in [0.717, 1.165) is 19.3 Å². The number of amides is 1. The molecule has 0 heterocycles. The Kier molecular flexibility index (Phi) is 5.36. The van der Waals surface area contributed by atoms with Gasteiger partial charge in [0.25, 0.3) is 0 Å². The summed E-state index contributed by atoms with van der Waals surface area (Å²) in [5.41, 5.74) is 6.52. The Morgan fingerprint density at radius 1 is 1.41 bits per heavy atom. The summed E-state index contributed by atoms with van der Waals surface area (Å²) >= 11 is 6.04. The van der Waals surface area contributed by atoms with Crippen LogP contribution in [0.1, 0.15) is 37.8 Å². The Morgan fingerprint density at radius 2 is 2.09 bits per heavy atom. The van der Waals surface area contributed by atoms with Crippen LogP contribution in [0.15, 0.2) is 18.2 Å². The van der Waals surface area contributed by atoms with E-state index in [1.165, 1.54) is 6.07 Å². The third-order valence-corrected chi connectivity index (χ3v) is 5.40. The quantitative estimate of drug-likeness (QED) is 0.880. The van der Waals surface area contributed by atoms with Crippen LogP contribution in [0.2, 0.25) is 5.02 Å². The van der Waals surface area contributed by atoms with E-state index in [2.05, 4.69) is 5.32 Å². The zero-order chi connectivity index (χ0) is 15.1. The van der Waals surface area contributed by atoms with Crippen molar-refractivity contribution in [2.24, 2.45) is 23.5 Å². The van der Waals surface area contributed by atoms with Crippen molar-refractivity contribution in [3.05, 3.63) is 34.6 Å². The first-order valence-corrected chi connectivity index (χ1v) is 7.86. The molecule has 3 nitrogen and oxygen atoms in total. The van der Waals surface area contributed by atoms with Gasteiger partial charge in [-0.25, -0.2) is 4.39 Å². The summed E-state index contributed by atoms with van der Waals surface area (Å²) in [7, 11) is 0. The Bertz CT molecular complexity index is 547. The molecule has 2 fully saturated rings. The average Bonchev–Trinajstić information content (AvgIpc) is 2.98. The third-order valence-electron chi connectivity index (χ3n) is 5.07. The predicted octanol–water partition coefficient (Wildman–Crippen LogP) is 3.45. The van der Waals surface area contributed by atoms with Crippen molar-refractivity contribution >= 4 is 29.9 Å². The second-order valence-corrected chi connectivity index (χ2v) is 6.71. The highest BCUT2D eigenvalue weighted by molar-refractivity contribution is 6.31. The van der Waals surface area contributed by atoms with Gasteiger partial charge in [-0.05, 0) is 50.2 Å². The SMILES string of the molecule is CC(NC(=O)C1C2CCC(C2)C1N)c1c(F)cccc1Cl.Cl. The van der Waals surface area contributed by atoms with Crippen molar-refractivity contribution in [2.45, 2.75) is 38.3 Å². The van der Waals surface area contributed by atoms with Crippen LogP contribution in [-0.2, 0) is 4.79 Å². The van der Waals surface area contributed by atoms with E-state index in [-0.39, 0.29) is 30.3 Å². The van der Waals surface area contributed by atoms with Crippen molar-refractivity contribution < 1.29 is 9.18 Å². The molecule has 0 spiro atoms. The second-order valence-electron chi connectivity index (χ2n) is 6.30. The number of benzene rings is 1. The number of fused-ring (bicyclic) bond motifs is 2. The van der Waals surface area contributed by atoms with Crippen LogP contribution in [0, 0.1) is 23.6 Å². The number of halogens is 3. The number of hydrogen-bond donors (Lipinski definition) is 2. The van der Waals surface area contributed by atoms with Gasteiger partial charge in [0.15, 0.2) is 0 Å². The van der Waals surface area contributed by atoms with Crippen LogP contribution in [0.4, 0.5) is 4.39 Å². The molecule has 1 amide bonds. The molecule has 0 radical (unpaired) electrons. The maximum atomic E-state index is 13.9. The molecule has 0 aliphatic heterocycles. The molecule has 3 N–H and O–H groups in total. The number of nitrogens with one attached hydrogen (secondary N) is 1. The van der Waals surface area contributed by atoms with Crippen LogP contribution in [0.3, 0.4) is 0 Å². The van der Waals surface area contributed by atoms with Gasteiger partial charge >= 0.3 is 0 Å². The molecule has 0 aromatic heterocycles. The lowest BCUT2D eigenvalue weighted by molar-refractivity contribution is -0.127. The maximum absolute atomic E-state index is 13.9. The molecule has 0 saturated heterocycles. The van der Waals surface area contributed by atoms with Gasteiger partial charge < -0.3 is 11.1 Å². The predicted molar refractivity (Wildman–Crippen MR) is 87.5 cm³/mol. The number of carbonyl (C=O) groups excluding carboxylic acids is 1. The van der Waals surface area contributed by atoms with Crippen molar-refractivity contribution in [2.75, 3.05) is 0 Å². The smallest absolute Gasteiger partial charge is 0.225 e. The van der Waals surface area contributed by atoms with E-state index in [1.807, 2.05) is 0 Å². The Hall–Kier alpha value is -0.840. The number of rotatable bonds is 3. The number of hydrogen-bond acceptors (Lipinski definition) is 2. The van der Waals surface area contributed by atoms with Crippen LogP contribution >= 0.6 is 24.0 Å². The Balaban J connectivity index is 0.00000176. The summed E-state index contributed by atoms with van der Waals surface area (Å²) in [6.07, 6.45) is 3.25. The Morgan fingerprint density at radius 3 is 2.68 bits per heavy atom. The third kappa shape index (κ3) is 2.97. The van der Waals surface area contributed by atoms with E-state index < -0.39 is 11.9 Å². The average molecular weight is 347 g/mol. The lowest BCUT2D eigenvalue weighted by atomic mass is 9.84. The van der Waals surface area contributed by atoms with Gasteiger partial charge in [0, 0.05) is 16.6 Å². The molecular weight excluding hydrogens is 326 g/mol. The first-order chi connectivity index (χ1) is 9.99. The summed E-state index contributed by atoms with van der Waals surface area (Å²) in [5.74, 6) is 0.247. The van der Waals surface area contributed by atoms with Crippen molar-refractivity contribution in [1.82, 2.24) is 5.32 Å². The molecule has 2 aliphatic rings. The fourth-order valence-electron chi connectivity index (χ4n) is 4.03.